The largest absolute Gasteiger partial charge is 0.466 e. The molecule has 0 amide bonds. The zero-order valence-electron chi connectivity index (χ0n) is 27.5. The number of tetrazole rings is 1. The summed E-state index contributed by atoms with van der Waals surface area (Å²) in [6, 6.07) is 3.94. The van der Waals surface area contributed by atoms with Crippen molar-refractivity contribution in [3.05, 3.63) is 69.8 Å². The minimum absolute atomic E-state index is 0.00139. The van der Waals surface area contributed by atoms with Crippen LogP contribution in [0.15, 0.2) is 36.4 Å². The van der Waals surface area contributed by atoms with Gasteiger partial charge in [0, 0.05) is 25.6 Å². The summed E-state index contributed by atoms with van der Waals surface area (Å²) >= 11 is 0. The van der Waals surface area contributed by atoms with Crippen molar-refractivity contribution in [2.24, 2.45) is 7.05 Å². The molecule has 49 heavy (non-hydrogen) atoms. The third kappa shape index (κ3) is 11.6. The topological polar surface area (TPSA) is 76.4 Å². The quantitative estimate of drug-likeness (QED) is 0.0840. The van der Waals surface area contributed by atoms with Crippen LogP contribution in [0.5, 0.6) is 0 Å². The third-order valence-corrected chi connectivity index (χ3v) is 7.86. The van der Waals surface area contributed by atoms with Crippen LogP contribution in [-0.2, 0) is 48.2 Å². The van der Waals surface area contributed by atoms with E-state index in [1.54, 1.807) is 6.92 Å². The van der Waals surface area contributed by atoms with Gasteiger partial charge >= 0.3 is 24.5 Å². The number of rotatable bonds is 16. The van der Waals surface area contributed by atoms with Gasteiger partial charge in [-0.25, -0.2) is 0 Å². The Morgan fingerprint density at radius 2 is 1.45 bits per heavy atom. The Morgan fingerprint density at radius 3 is 1.98 bits per heavy atom. The van der Waals surface area contributed by atoms with Gasteiger partial charge in [0.2, 0.25) is 0 Å². The standard InChI is InChI=1S/C32H39F9N6O2/c1-5-27(45(3)14-10-8-7-9-11-28(48)49-6-2)26-13-12-23(30(33,34)35)17-22(26)20-47(29-42-44-46(4)43-29)19-21-15-24(31(36,37)38)18-25(16-21)32(39,40)41/h12-13,15-18,27H,5-11,14,19-20H2,1-4H3. The second-order valence-corrected chi connectivity index (χ2v) is 11.6. The van der Waals surface area contributed by atoms with Crippen molar-refractivity contribution in [3.8, 4) is 0 Å². The highest BCUT2D eigenvalue weighted by molar-refractivity contribution is 5.69. The molecule has 0 aliphatic rings. The molecule has 3 rings (SSSR count). The Balaban J connectivity index is 1.96. The molecule has 0 fully saturated rings. The SMILES string of the molecule is CCOC(=O)CCCCCCN(C)C(CC)c1ccc(C(F)(F)F)cc1CN(Cc1cc(C(F)(F)F)cc(C(F)(F)F)c1)c1nnn(C)n1. The molecular weight excluding hydrogens is 671 g/mol. The first-order valence-corrected chi connectivity index (χ1v) is 15.7. The first kappa shape index (κ1) is 39.5. The van der Waals surface area contributed by atoms with E-state index in [4.69, 9.17) is 4.74 Å². The highest BCUT2D eigenvalue weighted by Crippen LogP contribution is 2.38. The Hall–Kier alpha value is -3.89. The molecule has 1 unspecified atom stereocenters. The molecule has 0 N–H and O–H groups in total. The molecule has 1 heterocycles. The van der Waals surface area contributed by atoms with Gasteiger partial charge in [-0.05, 0) is 92.0 Å². The van der Waals surface area contributed by atoms with E-state index in [1.165, 1.54) is 18.0 Å². The van der Waals surface area contributed by atoms with Crippen molar-refractivity contribution < 1.29 is 49.0 Å². The van der Waals surface area contributed by atoms with E-state index in [0.29, 0.717) is 50.1 Å². The number of unbranched alkanes of at least 4 members (excludes halogenated alkanes) is 3. The van der Waals surface area contributed by atoms with E-state index in [9.17, 15) is 44.3 Å². The maximum atomic E-state index is 13.9. The lowest BCUT2D eigenvalue weighted by Gasteiger charge is -2.31. The van der Waals surface area contributed by atoms with Crippen LogP contribution in [0.2, 0.25) is 0 Å². The monoisotopic (exact) mass is 710 g/mol. The molecule has 17 heteroatoms. The summed E-state index contributed by atoms with van der Waals surface area (Å²) in [5, 5.41) is 11.6. The number of nitrogens with zero attached hydrogens (tertiary/aromatic N) is 6. The summed E-state index contributed by atoms with van der Waals surface area (Å²) in [4.78, 5) is 15.7. The van der Waals surface area contributed by atoms with Gasteiger partial charge in [0.15, 0.2) is 0 Å². The fraction of sp³-hybridized carbons (Fsp3) is 0.562. The van der Waals surface area contributed by atoms with Crippen LogP contribution >= 0.6 is 0 Å². The number of esters is 1. The summed E-state index contributed by atoms with van der Waals surface area (Å²) in [6.07, 6.45) is -11.2. The van der Waals surface area contributed by atoms with E-state index >= 15 is 0 Å². The van der Waals surface area contributed by atoms with Gasteiger partial charge in [-0.2, -0.15) is 44.3 Å². The molecule has 0 radical (unpaired) electrons. The summed E-state index contributed by atoms with van der Waals surface area (Å²) in [6.45, 7) is 3.47. The average molecular weight is 711 g/mol. The van der Waals surface area contributed by atoms with E-state index in [-0.39, 0.29) is 36.1 Å². The zero-order valence-corrected chi connectivity index (χ0v) is 27.5. The molecule has 3 aromatic rings. The van der Waals surface area contributed by atoms with Crippen molar-refractivity contribution in [2.75, 3.05) is 25.1 Å². The Morgan fingerprint density at radius 1 is 0.837 bits per heavy atom. The fourth-order valence-corrected chi connectivity index (χ4v) is 5.52. The van der Waals surface area contributed by atoms with Crippen molar-refractivity contribution in [3.63, 3.8) is 0 Å². The van der Waals surface area contributed by atoms with E-state index in [1.807, 2.05) is 18.9 Å². The van der Waals surface area contributed by atoms with E-state index in [0.717, 1.165) is 36.2 Å². The molecule has 0 spiro atoms. The maximum Gasteiger partial charge on any atom is 0.416 e. The molecule has 0 saturated carbocycles. The summed E-state index contributed by atoms with van der Waals surface area (Å²) in [7, 11) is 3.20. The first-order chi connectivity index (χ1) is 22.8. The Labute approximate surface area is 278 Å². The molecule has 0 aliphatic carbocycles. The van der Waals surface area contributed by atoms with Crippen molar-refractivity contribution in [2.45, 2.75) is 90.0 Å². The zero-order chi connectivity index (χ0) is 36.6. The summed E-state index contributed by atoms with van der Waals surface area (Å²) in [5.74, 6) is -0.471. The number of ether oxygens (including phenoxy) is 1. The molecule has 1 atom stereocenters. The number of benzene rings is 2. The van der Waals surface area contributed by atoms with Crippen LogP contribution in [0, 0.1) is 0 Å². The van der Waals surface area contributed by atoms with Crippen LogP contribution in [0.4, 0.5) is 45.5 Å². The van der Waals surface area contributed by atoms with Gasteiger partial charge < -0.3 is 9.64 Å². The van der Waals surface area contributed by atoms with Gasteiger partial charge in [-0.3, -0.25) is 9.69 Å². The van der Waals surface area contributed by atoms with Crippen LogP contribution < -0.4 is 4.90 Å². The number of hydrogen-bond donors (Lipinski definition) is 0. The number of hydrogen-bond acceptors (Lipinski definition) is 7. The van der Waals surface area contributed by atoms with Gasteiger partial charge in [-0.1, -0.05) is 30.9 Å². The lowest BCUT2D eigenvalue weighted by molar-refractivity contribution is -0.144. The highest BCUT2D eigenvalue weighted by Gasteiger charge is 2.37. The number of alkyl halides is 9. The first-order valence-electron chi connectivity index (χ1n) is 15.7. The van der Waals surface area contributed by atoms with Crippen LogP contribution in [0.1, 0.15) is 91.8 Å². The van der Waals surface area contributed by atoms with Crippen LogP contribution in [-0.4, -0.2) is 51.3 Å². The lowest BCUT2D eigenvalue weighted by Crippen LogP contribution is -2.29. The molecule has 1 aromatic heterocycles. The van der Waals surface area contributed by atoms with Crippen molar-refractivity contribution in [1.82, 2.24) is 25.1 Å². The minimum atomic E-state index is -5.10. The smallest absolute Gasteiger partial charge is 0.416 e. The van der Waals surface area contributed by atoms with Crippen LogP contribution in [0.3, 0.4) is 0 Å². The summed E-state index contributed by atoms with van der Waals surface area (Å²) in [5.41, 5.74) is -3.81. The second kappa shape index (κ2) is 16.7. The molecule has 0 saturated heterocycles. The van der Waals surface area contributed by atoms with Gasteiger partial charge in [0.05, 0.1) is 30.3 Å². The minimum Gasteiger partial charge on any atom is -0.466 e. The van der Waals surface area contributed by atoms with Gasteiger partial charge in [0.1, 0.15) is 0 Å². The highest BCUT2D eigenvalue weighted by atomic mass is 19.4. The molecule has 0 aliphatic heterocycles. The maximum absolute atomic E-state index is 13.9. The Bertz CT molecular complexity index is 1490. The second-order valence-electron chi connectivity index (χ2n) is 11.6. The third-order valence-electron chi connectivity index (χ3n) is 7.86. The number of aromatic nitrogens is 4. The van der Waals surface area contributed by atoms with Gasteiger partial charge in [-0.15, -0.1) is 5.10 Å². The number of aryl methyl sites for hydroxylation is 1. The molecular formula is C32H39F9N6O2. The molecule has 272 valence electrons. The molecule has 8 nitrogen and oxygen atoms in total. The predicted octanol–water partition coefficient (Wildman–Crippen LogP) is 8.37. The number of halogens is 9. The summed E-state index contributed by atoms with van der Waals surface area (Å²) < 4.78 is 128. The van der Waals surface area contributed by atoms with E-state index < -0.39 is 47.3 Å². The predicted molar refractivity (Wildman–Crippen MR) is 162 cm³/mol. The normalized spacial score (nSPS) is 13.2. The average Bonchev–Trinajstić information content (AvgIpc) is 3.44. The van der Waals surface area contributed by atoms with Gasteiger partial charge in [0.25, 0.3) is 5.95 Å². The number of carbonyl (C=O) groups is 1. The lowest BCUT2D eigenvalue weighted by atomic mass is 9.94. The number of carbonyl (C=O) groups excluding carboxylic acids is 1. The Kier molecular flexibility index (Phi) is 13.5. The molecule has 2 aromatic carbocycles. The number of anilines is 1. The molecule has 0 bridgehead atoms. The van der Waals surface area contributed by atoms with Crippen LogP contribution in [0.25, 0.3) is 0 Å². The van der Waals surface area contributed by atoms with Crippen molar-refractivity contribution >= 4 is 11.9 Å². The van der Waals surface area contributed by atoms with Crippen molar-refractivity contribution in [1.29, 1.82) is 0 Å². The van der Waals surface area contributed by atoms with E-state index in [2.05, 4.69) is 15.4 Å². The fourth-order valence-electron chi connectivity index (χ4n) is 5.52.